The smallest absolute Gasteiger partial charge is 0.244 e. The van der Waals surface area contributed by atoms with Gasteiger partial charge in [-0.15, -0.1) is 0 Å². The number of amides is 2. The van der Waals surface area contributed by atoms with E-state index in [1.807, 2.05) is 0 Å². The summed E-state index contributed by atoms with van der Waals surface area (Å²) < 4.78 is 36.3. The Hall–Kier alpha value is -2.22. The highest BCUT2D eigenvalue weighted by molar-refractivity contribution is 7.91. The lowest BCUT2D eigenvalue weighted by molar-refractivity contribution is -0.132. The molecule has 1 aliphatic rings. The van der Waals surface area contributed by atoms with Gasteiger partial charge < -0.3 is 10.2 Å². The Morgan fingerprint density at radius 1 is 1.38 bits per heavy atom. The molecule has 24 heavy (non-hydrogen) atoms. The second kappa shape index (κ2) is 7.57. The van der Waals surface area contributed by atoms with E-state index in [0.29, 0.717) is 6.42 Å². The van der Waals surface area contributed by atoms with Gasteiger partial charge in [0, 0.05) is 24.7 Å². The summed E-state index contributed by atoms with van der Waals surface area (Å²) in [4.78, 5) is 25.1. The first-order chi connectivity index (χ1) is 11.3. The minimum absolute atomic E-state index is 0.0453. The van der Waals surface area contributed by atoms with Crippen LogP contribution in [0.15, 0.2) is 30.3 Å². The fraction of sp³-hybridized carbons (Fsp3) is 0.375. The van der Waals surface area contributed by atoms with Crippen LogP contribution in [0.25, 0.3) is 6.08 Å². The molecule has 0 saturated carbocycles. The topological polar surface area (TPSA) is 83.6 Å². The van der Waals surface area contributed by atoms with Crippen molar-refractivity contribution < 1.29 is 22.4 Å². The summed E-state index contributed by atoms with van der Waals surface area (Å²) in [6.45, 7) is -0.243. The number of nitrogens with zero attached hydrogens (tertiary/aromatic N) is 1. The quantitative estimate of drug-likeness (QED) is 0.785. The molecule has 6 nitrogen and oxygen atoms in total. The molecule has 1 saturated heterocycles. The standard InChI is InChI=1S/C16H19FN2O4S/c1-19(13-8-9-24(22,23)11-13)16(21)10-18-15(20)7-6-12-4-2-3-5-14(12)17/h2-7,13H,8-11H2,1H3,(H,18,20)/b7-6+. The molecule has 2 rings (SSSR count). The fourth-order valence-corrected chi connectivity index (χ4v) is 4.18. The van der Waals surface area contributed by atoms with Gasteiger partial charge in [0.25, 0.3) is 0 Å². The maximum absolute atomic E-state index is 13.4. The number of carbonyl (C=O) groups excluding carboxylic acids is 2. The summed E-state index contributed by atoms with van der Waals surface area (Å²) in [5.41, 5.74) is 0.271. The molecule has 0 aromatic heterocycles. The number of hydrogen-bond donors (Lipinski definition) is 1. The third-order valence-electron chi connectivity index (χ3n) is 3.88. The van der Waals surface area contributed by atoms with Gasteiger partial charge in [0.15, 0.2) is 9.84 Å². The second-order valence-electron chi connectivity index (χ2n) is 5.63. The van der Waals surface area contributed by atoms with Crippen LogP contribution in [-0.4, -0.2) is 56.3 Å². The molecule has 0 aliphatic carbocycles. The first-order valence-electron chi connectivity index (χ1n) is 7.45. The maximum atomic E-state index is 13.4. The fourth-order valence-electron chi connectivity index (χ4n) is 2.41. The number of rotatable bonds is 5. The van der Waals surface area contributed by atoms with Crippen molar-refractivity contribution in [1.29, 1.82) is 0 Å². The summed E-state index contributed by atoms with van der Waals surface area (Å²) in [6, 6.07) is 5.65. The van der Waals surface area contributed by atoms with Crippen LogP contribution in [0.2, 0.25) is 0 Å². The van der Waals surface area contributed by atoms with Crippen LogP contribution in [0.3, 0.4) is 0 Å². The Balaban J connectivity index is 1.83. The molecule has 1 aromatic rings. The van der Waals surface area contributed by atoms with E-state index in [-0.39, 0.29) is 35.6 Å². The van der Waals surface area contributed by atoms with Gasteiger partial charge in [-0.2, -0.15) is 0 Å². The largest absolute Gasteiger partial charge is 0.343 e. The van der Waals surface area contributed by atoms with Crippen LogP contribution in [-0.2, 0) is 19.4 Å². The molecule has 1 atom stereocenters. The van der Waals surface area contributed by atoms with E-state index >= 15 is 0 Å². The van der Waals surface area contributed by atoms with Gasteiger partial charge in [0.05, 0.1) is 18.1 Å². The van der Waals surface area contributed by atoms with E-state index in [1.54, 1.807) is 12.1 Å². The molecule has 1 heterocycles. The highest BCUT2D eigenvalue weighted by atomic mass is 32.2. The number of nitrogens with one attached hydrogen (secondary N) is 1. The average molecular weight is 354 g/mol. The molecule has 1 unspecified atom stereocenters. The van der Waals surface area contributed by atoms with Crippen LogP contribution in [0.4, 0.5) is 4.39 Å². The molecule has 0 radical (unpaired) electrons. The Bertz CT molecular complexity index is 761. The number of carbonyl (C=O) groups is 2. The lowest BCUT2D eigenvalue weighted by atomic mass is 10.2. The number of benzene rings is 1. The molecule has 1 aromatic carbocycles. The minimum atomic E-state index is -3.08. The van der Waals surface area contributed by atoms with Crippen molar-refractivity contribution in [2.45, 2.75) is 12.5 Å². The zero-order chi connectivity index (χ0) is 17.7. The van der Waals surface area contributed by atoms with Gasteiger partial charge in [-0.25, -0.2) is 12.8 Å². The Kier molecular flexibility index (Phi) is 5.71. The van der Waals surface area contributed by atoms with Crippen molar-refractivity contribution in [3.05, 3.63) is 41.7 Å². The SMILES string of the molecule is CN(C(=O)CNC(=O)/C=C/c1ccccc1F)C1CCS(=O)(=O)C1. The first kappa shape index (κ1) is 18.1. The predicted octanol–water partition coefficient (Wildman–Crippen LogP) is 0.601. The number of sulfone groups is 1. The van der Waals surface area contributed by atoms with Crippen LogP contribution in [0.1, 0.15) is 12.0 Å². The average Bonchev–Trinajstić information content (AvgIpc) is 2.91. The molecule has 1 N–H and O–H groups in total. The number of likely N-dealkylation sites (N-methyl/N-ethyl adjacent to an activating group) is 1. The summed E-state index contributed by atoms with van der Waals surface area (Å²) in [6.07, 6.45) is 2.87. The zero-order valence-electron chi connectivity index (χ0n) is 13.2. The summed E-state index contributed by atoms with van der Waals surface area (Å²) in [5.74, 6) is -1.31. The number of halogens is 1. The predicted molar refractivity (Wildman–Crippen MR) is 88.3 cm³/mol. The third kappa shape index (κ3) is 4.89. The highest BCUT2D eigenvalue weighted by Crippen LogP contribution is 2.16. The third-order valence-corrected chi connectivity index (χ3v) is 5.63. The van der Waals surface area contributed by atoms with E-state index in [2.05, 4.69) is 5.32 Å². The monoisotopic (exact) mass is 354 g/mol. The summed E-state index contributed by atoms with van der Waals surface area (Å²) in [7, 11) is -1.55. The van der Waals surface area contributed by atoms with Crippen molar-refractivity contribution in [1.82, 2.24) is 10.2 Å². The molecule has 2 amide bonds. The summed E-state index contributed by atoms with van der Waals surface area (Å²) in [5, 5.41) is 2.41. The number of hydrogen-bond acceptors (Lipinski definition) is 4. The maximum Gasteiger partial charge on any atom is 0.244 e. The van der Waals surface area contributed by atoms with Crippen molar-refractivity contribution in [3.63, 3.8) is 0 Å². The van der Waals surface area contributed by atoms with Gasteiger partial charge in [-0.05, 0) is 18.6 Å². The van der Waals surface area contributed by atoms with Gasteiger partial charge in [0.1, 0.15) is 5.82 Å². The molecular formula is C16H19FN2O4S. The van der Waals surface area contributed by atoms with Crippen molar-refractivity contribution in [2.24, 2.45) is 0 Å². The molecule has 1 fully saturated rings. The van der Waals surface area contributed by atoms with E-state index in [4.69, 9.17) is 0 Å². The lowest BCUT2D eigenvalue weighted by Gasteiger charge is -2.23. The lowest BCUT2D eigenvalue weighted by Crippen LogP contribution is -2.43. The molecule has 0 spiro atoms. The second-order valence-corrected chi connectivity index (χ2v) is 7.86. The minimum Gasteiger partial charge on any atom is -0.343 e. The van der Waals surface area contributed by atoms with Gasteiger partial charge in [-0.3, -0.25) is 9.59 Å². The molecule has 0 bridgehead atoms. The normalized spacial score (nSPS) is 19.3. The van der Waals surface area contributed by atoms with E-state index < -0.39 is 21.6 Å². The molecule has 1 aliphatic heterocycles. The van der Waals surface area contributed by atoms with Gasteiger partial charge >= 0.3 is 0 Å². The van der Waals surface area contributed by atoms with Gasteiger partial charge in [-0.1, -0.05) is 18.2 Å². The molecular weight excluding hydrogens is 335 g/mol. The van der Waals surface area contributed by atoms with Gasteiger partial charge in [0.2, 0.25) is 11.8 Å². The van der Waals surface area contributed by atoms with Crippen LogP contribution in [0, 0.1) is 5.82 Å². The van der Waals surface area contributed by atoms with E-state index in [0.717, 1.165) is 6.08 Å². The van der Waals surface area contributed by atoms with Crippen molar-refractivity contribution in [2.75, 3.05) is 25.1 Å². The van der Waals surface area contributed by atoms with E-state index in [1.165, 1.54) is 30.2 Å². The van der Waals surface area contributed by atoms with Crippen molar-refractivity contribution in [3.8, 4) is 0 Å². The van der Waals surface area contributed by atoms with Crippen LogP contribution in [0.5, 0.6) is 0 Å². The first-order valence-corrected chi connectivity index (χ1v) is 9.27. The Labute approximate surface area is 140 Å². The molecule has 130 valence electrons. The van der Waals surface area contributed by atoms with Crippen LogP contribution < -0.4 is 5.32 Å². The Morgan fingerprint density at radius 3 is 2.71 bits per heavy atom. The Morgan fingerprint density at radius 2 is 2.08 bits per heavy atom. The van der Waals surface area contributed by atoms with Crippen LogP contribution >= 0.6 is 0 Å². The highest BCUT2D eigenvalue weighted by Gasteiger charge is 2.32. The zero-order valence-corrected chi connectivity index (χ0v) is 14.1. The molecule has 8 heteroatoms. The van der Waals surface area contributed by atoms with Crippen molar-refractivity contribution >= 4 is 27.7 Å². The van der Waals surface area contributed by atoms with E-state index in [9.17, 15) is 22.4 Å². The summed E-state index contributed by atoms with van der Waals surface area (Å²) >= 11 is 0.